The zero-order chi connectivity index (χ0) is 13.0. The van der Waals surface area contributed by atoms with Crippen molar-refractivity contribution in [3.63, 3.8) is 0 Å². The third kappa shape index (κ3) is 2.94. The fraction of sp³-hybridized carbons (Fsp3) is 0.231. The number of aryl methyl sites for hydroxylation is 1. The minimum absolute atomic E-state index is 0.131. The van der Waals surface area contributed by atoms with E-state index in [2.05, 4.69) is 10.3 Å². The van der Waals surface area contributed by atoms with E-state index >= 15 is 0 Å². The van der Waals surface area contributed by atoms with Crippen LogP contribution in [0.25, 0.3) is 0 Å². The van der Waals surface area contributed by atoms with E-state index in [1.165, 1.54) is 11.3 Å². The predicted octanol–water partition coefficient (Wildman–Crippen LogP) is 2.21. The molecule has 3 N–H and O–H groups in total. The van der Waals surface area contributed by atoms with Gasteiger partial charge in [0.2, 0.25) is 0 Å². The highest BCUT2D eigenvalue weighted by Crippen LogP contribution is 2.17. The summed E-state index contributed by atoms with van der Waals surface area (Å²) in [4.78, 5) is 16.3. The van der Waals surface area contributed by atoms with E-state index in [1.807, 2.05) is 30.5 Å². The summed E-state index contributed by atoms with van der Waals surface area (Å²) in [6, 6.07) is 7.49. The summed E-state index contributed by atoms with van der Waals surface area (Å²) >= 11 is 1.42. The highest BCUT2D eigenvalue weighted by atomic mass is 32.1. The number of benzene rings is 1. The number of thiazole rings is 1. The van der Waals surface area contributed by atoms with Crippen LogP contribution in [0.1, 0.15) is 21.6 Å². The van der Waals surface area contributed by atoms with Crippen molar-refractivity contribution in [3.8, 4) is 0 Å². The molecule has 0 fully saturated rings. The molecule has 5 heteroatoms. The molecule has 0 radical (unpaired) electrons. The Labute approximate surface area is 110 Å². The van der Waals surface area contributed by atoms with E-state index in [1.54, 1.807) is 6.07 Å². The number of nitrogens with one attached hydrogen (secondary N) is 1. The number of hydrogen-bond acceptors (Lipinski definition) is 4. The van der Waals surface area contributed by atoms with E-state index in [4.69, 9.17) is 5.73 Å². The van der Waals surface area contributed by atoms with Gasteiger partial charge in [0.25, 0.3) is 5.91 Å². The molecule has 94 valence electrons. The molecule has 1 aromatic carbocycles. The van der Waals surface area contributed by atoms with Gasteiger partial charge in [-0.15, -0.1) is 11.3 Å². The van der Waals surface area contributed by atoms with Gasteiger partial charge in [0.05, 0.1) is 5.69 Å². The van der Waals surface area contributed by atoms with Gasteiger partial charge >= 0.3 is 0 Å². The Morgan fingerprint density at radius 3 is 2.89 bits per heavy atom. The molecular formula is C13H15N3OS. The van der Waals surface area contributed by atoms with Gasteiger partial charge in [-0.25, -0.2) is 4.98 Å². The average Bonchev–Trinajstić information content (AvgIpc) is 2.76. The number of anilines is 1. The lowest BCUT2D eigenvalue weighted by molar-refractivity contribution is 0.102. The summed E-state index contributed by atoms with van der Waals surface area (Å²) in [5.74, 6) is -0.131. The molecule has 0 aliphatic carbocycles. The molecule has 0 spiro atoms. The summed E-state index contributed by atoms with van der Waals surface area (Å²) in [6.45, 7) is 2.43. The van der Waals surface area contributed by atoms with E-state index in [-0.39, 0.29) is 5.91 Å². The third-order valence-electron chi connectivity index (χ3n) is 2.52. The largest absolute Gasteiger partial charge is 0.330 e. The Balaban J connectivity index is 2.18. The summed E-state index contributed by atoms with van der Waals surface area (Å²) in [7, 11) is 0. The first-order chi connectivity index (χ1) is 8.70. The van der Waals surface area contributed by atoms with E-state index < -0.39 is 0 Å². The number of carbonyl (C=O) groups excluding carboxylic acids is 1. The molecule has 1 amide bonds. The van der Waals surface area contributed by atoms with E-state index in [0.717, 1.165) is 11.3 Å². The van der Waals surface area contributed by atoms with Gasteiger partial charge in [-0.2, -0.15) is 0 Å². The minimum atomic E-state index is -0.131. The van der Waals surface area contributed by atoms with Crippen LogP contribution in [0, 0.1) is 6.92 Å². The maximum Gasteiger partial charge on any atom is 0.257 e. The van der Waals surface area contributed by atoms with Crippen molar-refractivity contribution in [2.75, 3.05) is 11.9 Å². The number of carbonyl (C=O) groups is 1. The Hall–Kier alpha value is -1.72. The van der Waals surface area contributed by atoms with Crippen molar-refractivity contribution < 1.29 is 4.79 Å². The van der Waals surface area contributed by atoms with Crippen LogP contribution in [0.2, 0.25) is 0 Å². The topological polar surface area (TPSA) is 68.0 Å². The molecule has 2 aromatic rings. The zero-order valence-corrected chi connectivity index (χ0v) is 11.0. The van der Waals surface area contributed by atoms with E-state index in [0.29, 0.717) is 23.7 Å². The van der Waals surface area contributed by atoms with Crippen molar-refractivity contribution in [2.24, 2.45) is 5.73 Å². The standard InChI is InChI=1S/C13H15N3OS/c1-9-8-18-13(15-9)16-12(17)11-5-3-2-4-10(11)6-7-14/h2-5,8H,6-7,14H2,1H3,(H,15,16,17). The first kappa shape index (κ1) is 12.7. The third-order valence-corrected chi connectivity index (χ3v) is 3.39. The van der Waals surface area contributed by atoms with Crippen LogP contribution in [-0.4, -0.2) is 17.4 Å². The lowest BCUT2D eigenvalue weighted by Gasteiger charge is -2.07. The van der Waals surface area contributed by atoms with Crippen molar-refractivity contribution in [2.45, 2.75) is 13.3 Å². The Kier molecular flexibility index (Phi) is 4.07. The van der Waals surface area contributed by atoms with E-state index in [9.17, 15) is 4.79 Å². The van der Waals surface area contributed by atoms with Gasteiger partial charge in [0, 0.05) is 10.9 Å². The van der Waals surface area contributed by atoms with Crippen molar-refractivity contribution >= 4 is 22.4 Å². The van der Waals surface area contributed by atoms with Crippen LogP contribution in [0.4, 0.5) is 5.13 Å². The number of hydrogen-bond donors (Lipinski definition) is 2. The monoisotopic (exact) mass is 261 g/mol. The van der Waals surface area contributed by atoms with Gasteiger partial charge < -0.3 is 5.73 Å². The lowest BCUT2D eigenvalue weighted by atomic mass is 10.0. The van der Waals surface area contributed by atoms with Crippen LogP contribution >= 0.6 is 11.3 Å². The first-order valence-corrected chi connectivity index (χ1v) is 6.60. The summed E-state index contributed by atoms with van der Waals surface area (Å²) in [6.07, 6.45) is 0.695. The van der Waals surface area contributed by atoms with Crippen LogP contribution in [0.3, 0.4) is 0 Å². The van der Waals surface area contributed by atoms with Crippen LogP contribution in [0.15, 0.2) is 29.6 Å². The Bertz CT molecular complexity index is 551. The quantitative estimate of drug-likeness (QED) is 0.886. The molecular weight excluding hydrogens is 246 g/mol. The fourth-order valence-electron chi connectivity index (χ4n) is 1.69. The molecule has 1 aromatic heterocycles. The fourth-order valence-corrected chi connectivity index (χ4v) is 2.37. The molecule has 0 bridgehead atoms. The van der Waals surface area contributed by atoms with Crippen LogP contribution in [0.5, 0.6) is 0 Å². The molecule has 0 unspecified atom stereocenters. The van der Waals surface area contributed by atoms with Gasteiger partial charge in [-0.3, -0.25) is 10.1 Å². The average molecular weight is 261 g/mol. The molecule has 4 nitrogen and oxygen atoms in total. The summed E-state index contributed by atoms with van der Waals surface area (Å²) in [5.41, 5.74) is 8.08. The number of nitrogens with zero attached hydrogens (tertiary/aromatic N) is 1. The number of amides is 1. The minimum Gasteiger partial charge on any atom is -0.330 e. The SMILES string of the molecule is Cc1csc(NC(=O)c2ccccc2CCN)n1. The van der Waals surface area contributed by atoms with Crippen LogP contribution in [-0.2, 0) is 6.42 Å². The first-order valence-electron chi connectivity index (χ1n) is 5.72. The van der Waals surface area contributed by atoms with Crippen molar-refractivity contribution in [3.05, 3.63) is 46.5 Å². The highest BCUT2D eigenvalue weighted by Gasteiger charge is 2.11. The van der Waals surface area contributed by atoms with Gasteiger partial charge in [0.1, 0.15) is 0 Å². The van der Waals surface area contributed by atoms with Gasteiger partial charge in [-0.1, -0.05) is 18.2 Å². The second-order valence-corrected chi connectivity index (χ2v) is 4.80. The molecule has 18 heavy (non-hydrogen) atoms. The second-order valence-electron chi connectivity index (χ2n) is 3.94. The molecule has 1 heterocycles. The molecule has 0 saturated heterocycles. The molecule has 0 aliphatic heterocycles. The zero-order valence-electron chi connectivity index (χ0n) is 10.1. The highest BCUT2D eigenvalue weighted by molar-refractivity contribution is 7.13. The smallest absolute Gasteiger partial charge is 0.257 e. The molecule has 0 saturated carbocycles. The Morgan fingerprint density at radius 2 is 2.22 bits per heavy atom. The second kappa shape index (κ2) is 5.75. The maximum absolute atomic E-state index is 12.1. The normalized spacial score (nSPS) is 10.3. The lowest BCUT2D eigenvalue weighted by Crippen LogP contribution is -2.15. The summed E-state index contributed by atoms with van der Waals surface area (Å²) < 4.78 is 0. The number of aromatic nitrogens is 1. The number of rotatable bonds is 4. The Morgan fingerprint density at radius 1 is 1.44 bits per heavy atom. The molecule has 0 atom stereocenters. The van der Waals surface area contributed by atoms with Gasteiger partial charge in [0.15, 0.2) is 5.13 Å². The number of nitrogens with two attached hydrogens (primary N) is 1. The van der Waals surface area contributed by atoms with Crippen molar-refractivity contribution in [1.29, 1.82) is 0 Å². The van der Waals surface area contributed by atoms with Crippen molar-refractivity contribution in [1.82, 2.24) is 4.98 Å². The summed E-state index contributed by atoms with van der Waals surface area (Å²) in [5, 5.41) is 5.33. The van der Waals surface area contributed by atoms with Gasteiger partial charge in [-0.05, 0) is 31.5 Å². The molecule has 0 aliphatic rings. The molecule has 2 rings (SSSR count). The van der Waals surface area contributed by atoms with Crippen LogP contribution < -0.4 is 11.1 Å². The maximum atomic E-state index is 12.1. The predicted molar refractivity (Wildman–Crippen MR) is 74.0 cm³/mol.